The van der Waals surface area contributed by atoms with Crippen LogP contribution in [0.5, 0.6) is 5.75 Å². The van der Waals surface area contributed by atoms with E-state index in [1.807, 2.05) is 23.9 Å². The van der Waals surface area contributed by atoms with E-state index in [2.05, 4.69) is 56.4 Å². The van der Waals surface area contributed by atoms with Crippen LogP contribution in [-0.2, 0) is 6.42 Å². The zero-order valence-electron chi connectivity index (χ0n) is 13.1. The summed E-state index contributed by atoms with van der Waals surface area (Å²) < 4.78 is 0. The summed E-state index contributed by atoms with van der Waals surface area (Å²) in [6.45, 7) is 6.98. The van der Waals surface area contributed by atoms with Gasteiger partial charge in [-0.25, -0.2) is 0 Å². The predicted molar refractivity (Wildman–Crippen MR) is 96.4 cm³/mol. The Labute approximate surface area is 133 Å². The van der Waals surface area contributed by atoms with E-state index in [0.717, 1.165) is 23.8 Å². The first-order chi connectivity index (χ1) is 10.0. The van der Waals surface area contributed by atoms with Gasteiger partial charge in [-0.05, 0) is 35.6 Å². The third kappa shape index (κ3) is 4.38. The van der Waals surface area contributed by atoms with Gasteiger partial charge in [0, 0.05) is 4.90 Å². The smallest absolute Gasteiger partial charge is 0.118 e. The van der Waals surface area contributed by atoms with Crippen molar-refractivity contribution in [3.05, 3.63) is 54.1 Å². The Bertz CT molecular complexity index is 581. The van der Waals surface area contributed by atoms with Crippen LogP contribution in [0.3, 0.4) is 0 Å². The van der Waals surface area contributed by atoms with Crippen molar-refractivity contribution in [2.75, 3.05) is 5.38 Å². The first-order valence-corrected chi connectivity index (χ1v) is 11.7. The van der Waals surface area contributed by atoms with E-state index in [0.29, 0.717) is 5.75 Å². The average molecular weight is 317 g/mol. The Balaban J connectivity index is 2.07. The highest BCUT2D eigenvalue weighted by molar-refractivity contribution is 8.01. The molecule has 0 bridgehead atoms. The van der Waals surface area contributed by atoms with Crippen molar-refractivity contribution in [1.82, 2.24) is 0 Å². The summed E-state index contributed by atoms with van der Waals surface area (Å²) in [6.07, 6.45) is 2.01. The number of thioether (sulfide) groups is 1. The number of phenols is 1. The predicted octanol–water partition coefficient (Wildman–Crippen LogP) is 4.59. The third-order valence-corrected chi connectivity index (χ3v) is 9.67. The van der Waals surface area contributed by atoms with Gasteiger partial charge in [-0.1, -0.05) is 62.0 Å². The van der Waals surface area contributed by atoms with Crippen LogP contribution in [0.1, 0.15) is 18.9 Å². The fraction of sp³-hybridized carbons (Fsp3) is 0.333. The van der Waals surface area contributed by atoms with Gasteiger partial charge < -0.3 is 5.11 Å². The molecule has 0 unspecified atom stereocenters. The van der Waals surface area contributed by atoms with E-state index >= 15 is 0 Å². The molecule has 3 heteroatoms. The Morgan fingerprint density at radius 3 is 2.43 bits per heavy atom. The van der Waals surface area contributed by atoms with Crippen LogP contribution in [0.2, 0.25) is 13.1 Å². The van der Waals surface area contributed by atoms with E-state index in [9.17, 15) is 5.11 Å². The summed E-state index contributed by atoms with van der Waals surface area (Å²) in [7, 11) is -1.41. The van der Waals surface area contributed by atoms with Crippen molar-refractivity contribution < 1.29 is 5.11 Å². The molecule has 1 nitrogen and oxygen atoms in total. The summed E-state index contributed by atoms with van der Waals surface area (Å²) in [5.41, 5.74) is 1.07. The molecule has 2 aromatic carbocycles. The lowest BCUT2D eigenvalue weighted by atomic mass is 10.1. The molecule has 0 atom stereocenters. The summed E-state index contributed by atoms with van der Waals surface area (Å²) in [5, 5.41) is 12.5. The monoisotopic (exact) mass is 316 g/mol. The fourth-order valence-electron chi connectivity index (χ4n) is 2.36. The molecule has 0 spiro atoms. The number of rotatable bonds is 6. The highest BCUT2D eigenvalue weighted by Crippen LogP contribution is 2.28. The molecule has 0 aliphatic heterocycles. The minimum atomic E-state index is -1.41. The van der Waals surface area contributed by atoms with Crippen molar-refractivity contribution in [3.8, 4) is 5.75 Å². The van der Waals surface area contributed by atoms with Gasteiger partial charge in [0.05, 0.1) is 8.07 Å². The normalized spacial score (nSPS) is 11.6. The van der Waals surface area contributed by atoms with Gasteiger partial charge in [0.2, 0.25) is 0 Å². The second-order valence-electron chi connectivity index (χ2n) is 6.08. The third-order valence-electron chi connectivity index (χ3n) is 3.73. The van der Waals surface area contributed by atoms with E-state index in [4.69, 9.17) is 0 Å². The maximum atomic E-state index is 9.87. The van der Waals surface area contributed by atoms with Gasteiger partial charge in [-0.3, -0.25) is 0 Å². The van der Waals surface area contributed by atoms with Crippen LogP contribution in [-0.4, -0.2) is 18.6 Å². The molecular weight excluding hydrogens is 292 g/mol. The fourth-order valence-corrected chi connectivity index (χ4v) is 6.62. The lowest BCUT2D eigenvalue weighted by Gasteiger charge is -2.22. The first-order valence-electron chi connectivity index (χ1n) is 7.53. The second-order valence-corrected chi connectivity index (χ2v) is 12.3. The number of aromatic hydroxyl groups is 1. The lowest BCUT2D eigenvalue weighted by Crippen LogP contribution is -2.44. The molecule has 0 saturated carbocycles. The number of hydrogen-bond donors (Lipinski definition) is 1. The zero-order chi connectivity index (χ0) is 15.3. The van der Waals surface area contributed by atoms with Crippen LogP contribution in [0.4, 0.5) is 0 Å². The Morgan fingerprint density at radius 2 is 1.76 bits per heavy atom. The Hall–Kier alpha value is -1.19. The van der Waals surface area contributed by atoms with Gasteiger partial charge in [-0.15, -0.1) is 11.8 Å². The highest BCUT2D eigenvalue weighted by atomic mass is 32.2. The van der Waals surface area contributed by atoms with Gasteiger partial charge in [0.15, 0.2) is 0 Å². The standard InChI is InChI=1S/C18H24OSSi/c1-4-8-15-13-16(11-12-18(15)19)20-14-21(2,3)17-9-6-5-7-10-17/h5-7,9-13,19H,4,8,14H2,1-3H3. The van der Waals surface area contributed by atoms with Crippen molar-refractivity contribution in [1.29, 1.82) is 0 Å². The molecule has 0 radical (unpaired) electrons. The van der Waals surface area contributed by atoms with Crippen LogP contribution < -0.4 is 5.19 Å². The van der Waals surface area contributed by atoms with Gasteiger partial charge in [-0.2, -0.15) is 0 Å². The Morgan fingerprint density at radius 1 is 1.05 bits per heavy atom. The molecule has 0 aromatic heterocycles. The maximum absolute atomic E-state index is 9.87. The van der Waals surface area contributed by atoms with Crippen molar-refractivity contribution in [2.45, 2.75) is 37.8 Å². The summed E-state index contributed by atoms with van der Waals surface area (Å²) in [6, 6.07) is 16.9. The minimum Gasteiger partial charge on any atom is -0.508 e. The second kappa shape index (κ2) is 7.19. The minimum absolute atomic E-state index is 0.431. The van der Waals surface area contributed by atoms with Gasteiger partial charge >= 0.3 is 0 Å². The van der Waals surface area contributed by atoms with Crippen molar-refractivity contribution >= 4 is 25.0 Å². The molecule has 0 fully saturated rings. The van der Waals surface area contributed by atoms with Gasteiger partial charge in [0.1, 0.15) is 5.75 Å². The van der Waals surface area contributed by atoms with E-state index < -0.39 is 8.07 Å². The van der Waals surface area contributed by atoms with E-state index in [1.165, 1.54) is 10.1 Å². The van der Waals surface area contributed by atoms with Crippen molar-refractivity contribution in [2.24, 2.45) is 0 Å². The van der Waals surface area contributed by atoms with Crippen LogP contribution in [0, 0.1) is 0 Å². The van der Waals surface area contributed by atoms with Crippen LogP contribution >= 0.6 is 11.8 Å². The van der Waals surface area contributed by atoms with Crippen LogP contribution in [0.15, 0.2) is 53.4 Å². The molecule has 1 N–H and O–H groups in total. The number of aryl methyl sites for hydroxylation is 1. The van der Waals surface area contributed by atoms with E-state index in [-0.39, 0.29) is 0 Å². The summed E-state index contributed by atoms with van der Waals surface area (Å²) in [5.74, 6) is 0.431. The molecule has 112 valence electrons. The summed E-state index contributed by atoms with van der Waals surface area (Å²) >= 11 is 1.92. The molecule has 0 heterocycles. The molecule has 2 aromatic rings. The quantitative estimate of drug-likeness (QED) is 0.621. The molecular formula is C18H24OSSi. The number of benzene rings is 2. The molecule has 21 heavy (non-hydrogen) atoms. The molecule has 0 amide bonds. The molecule has 0 aliphatic carbocycles. The van der Waals surface area contributed by atoms with Gasteiger partial charge in [0.25, 0.3) is 0 Å². The summed E-state index contributed by atoms with van der Waals surface area (Å²) in [4.78, 5) is 1.27. The zero-order valence-corrected chi connectivity index (χ0v) is 14.9. The van der Waals surface area contributed by atoms with Crippen molar-refractivity contribution in [3.63, 3.8) is 0 Å². The molecule has 0 aliphatic rings. The average Bonchev–Trinajstić information content (AvgIpc) is 2.49. The number of hydrogen-bond acceptors (Lipinski definition) is 2. The maximum Gasteiger partial charge on any atom is 0.118 e. The largest absolute Gasteiger partial charge is 0.508 e. The van der Waals surface area contributed by atoms with E-state index in [1.54, 1.807) is 0 Å². The highest BCUT2D eigenvalue weighted by Gasteiger charge is 2.23. The number of phenolic OH excluding ortho intramolecular Hbond substituents is 1. The topological polar surface area (TPSA) is 20.2 Å². The Kier molecular flexibility index (Phi) is 5.54. The van der Waals surface area contributed by atoms with Crippen LogP contribution in [0.25, 0.3) is 0 Å². The SMILES string of the molecule is CCCc1cc(SC[Si](C)(C)c2ccccc2)ccc1O. The molecule has 0 saturated heterocycles. The molecule has 2 rings (SSSR count). The lowest BCUT2D eigenvalue weighted by molar-refractivity contribution is 0.467. The first kappa shape index (κ1) is 16.2.